The zero-order valence-corrected chi connectivity index (χ0v) is 18.7. The van der Waals surface area contributed by atoms with Crippen molar-refractivity contribution >= 4 is 62.2 Å². The lowest BCUT2D eigenvalue weighted by molar-refractivity contribution is 0.0945. The minimum Gasteiger partial charge on any atom is -0.346 e. The van der Waals surface area contributed by atoms with Crippen LogP contribution in [0.3, 0.4) is 0 Å². The second-order valence-corrected chi connectivity index (χ2v) is 9.90. The molecule has 0 spiro atoms. The summed E-state index contributed by atoms with van der Waals surface area (Å²) in [4.78, 5) is 28.9. The molecule has 4 rings (SSSR count). The second kappa shape index (κ2) is 8.38. The molecule has 29 heavy (non-hydrogen) atoms. The van der Waals surface area contributed by atoms with Gasteiger partial charge in [0.05, 0.1) is 25.4 Å². The van der Waals surface area contributed by atoms with E-state index in [0.29, 0.717) is 41.6 Å². The lowest BCUT2D eigenvalue weighted by atomic mass is 10.2. The zero-order valence-electron chi connectivity index (χ0n) is 15.6. The molecule has 0 saturated carbocycles. The number of benzene rings is 1. The van der Waals surface area contributed by atoms with Gasteiger partial charge in [0.1, 0.15) is 0 Å². The Morgan fingerprint density at radius 2 is 2.14 bits per heavy atom. The number of hydrogen-bond acceptors (Lipinski definition) is 4. The van der Waals surface area contributed by atoms with Crippen molar-refractivity contribution in [1.29, 1.82) is 0 Å². The lowest BCUT2D eigenvalue weighted by Crippen LogP contribution is -2.46. The molecule has 2 aromatic rings. The molecular weight excluding hydrogens is 476 g/mol. The molecule has 1 aromatic carbocycles. The van der Waals surface area contributed by atoms with Crippen LogP contribution in [0.4, 0.5) is 16.2 Å². The average molecular weight is 496 g/mol. The van der Waals surface area contributed by atoms with Crippen LogP contribution in [0.15, 0.2) is 46.4 Å². The number of rotatable bonds is 4. The van der Waals surface area contributed by atoms with E-state index in [-0.39, 0.29) is 18.0 Å². The minimum absolute atomic E-state index is 0.0257. The van der Waals surface area contributed by atoms with Gasteiger partial charge in [-0.15, -0.1) is 11.3 Å². The molecule has 152 valence electrons. The third kappa shape index (κ3) is 4.29. The Bertz CT molecular complexity index is 979. The Kier molecular flexibility index (Phi) is 5.85. The van der Waals surface area contributed by atoms with E-state index >= 15 is 0 Å². The second-order valence-electron chi connectivity index (χ2n) is 7.03. The van der Waals surface area contributed by atoms with E-state index in [1.54, 1.807) is 11.0 Å². The van der Waals surface area contributed by atoms with Crippen LogP contribution in [-0.2, 0) is 0 Å². The van der Waals surface area contributed by atoms with Crippen LogP contribution >= 0.6 is 38.9 Å². The maximum Gasteiger partial charge on any atom is 0.321 e. The van der Waals surface area contributed by atoms with Gasteiger partial charge in [0, 0.05) is 37.4 Å². The maximum atomic E-state index is 12.4. The van der Waals surface area contributed by atoms with E-state index in [0.717, 1.165) is 21.6 Å². The van der Waals surface area contributed by atoms with Crippen LogP contribution in [0.5, 0.6) is 0 Å². The molecule has 1 unspecified atom stereocenters. The fourth-order valence-corrected chi connectivity index (χ4v) is 5.19. The minimum atomic E-state index is -0.125. The summed E-state index contributed by atoms with van der Waals surface area (Å²) < 4.78 is 0.928. The van der Waals surface area contributed by atoms with Gasteiger partial charge >= 0.3 is 6.03 Å². The van der Waals surface area contributed by atoms with Crippen molar-refractivity contribution in [2.24, 2.45) is 0 Å². The highest BCUT2D eigenvalue weighted by Crippen LogP contribution is 2.35. The highest BCUT2D eigenvalue weighted by Gasteiger charge is 2.29. The summed E-state index contributed by atoms with van der Waals surface area (Å²) in [5.74, 6) is -0.0789. The largest absolute Gasteiger partial charge is 0.346 e. The van der Waals surface area contributed by atoms with Crippen molar-refractivity contribution in [2.45, 2.75) is 18.9 Å². The maximum absolute atomic E-state index is 12.4. The van der Waals surface area contributed by atoms with Crippen LogP contribution in [0, 0.1) is 0 Å². The number of halogens is 2. The van der Waals surface area contributed by atoms with Crippen molar-refractivity contribution in [3.8, 4) is 0 Å². The first-order valence-electron chi connectivity index (χ1n) is 9.29. The predicted octanol–water partition coefficient (Wildman–Crippen LogP) is 4.61. The number of hydrogen-bond donors (Lipinski definition) is 2. The van der Waals surface area contributed by atoms with Crippen LogP contribution in [0.2, 0.25) is 5.02 Å². The van der Waals surface area contributed by atoms with Crippen molar-refractivity contribution in [1.82, 2.24) is 10.6 Å². The third-order valence-corrected chi connectivity index (χ3v) is 6.94. The molecule has 2 N–H and O–H groups in total. The van der Waals surface area contributed by atoms with Crippen molar-refractivity contribution in [3.05, 3.63) is 56.3 Å². The molecule has 0 radical (unpaired) electrons. The van der Waals surface area contributed by atoms with Gasteiger partial charge in [0.15, 0.2) is 0 Å². The molecule has 6 nitrogen and oxygen atoms in total. The molecule has 2 fully saturated rings. The van der Waals surface area contributed by atoms with E-state index in [4.69, 9.17) is 11.6 Å². The topological polar surface area (TPSA) is 64.7 Å². The highest BCUT2D eigenvalue weighted by atomic mass is 79.9. The normalized spacial score (nSPS) is 19.4. The predicted molar refractivity (Wildman–Crippen MR) is 121 cm³/mol. The Hall–Kier alpha value is -2.03. The Balaban J connectivity index is 1.46. The first-order valence-corrected chi connectivity index (χ1v) is 11.3. The van der Waals surface area contributed by atoms with Gasteiger partial charge in [-0.05, 0) is 52.7 Å². The molecule has 2 aliphatic rings. The van der Waals surface area contributed by atoms with Gasteiger partial charge in [-0.3, -0.25) is 9.69 Å². The van der Waals surface area contributed by atoms with Gasteiger partial charge in [0.25, 0.3) is 5.91 Å². The third-order valence-electron chi connectivity index (χ3n) is 5.01. The number of urea groups is 1. The van der Waals surface area contributed by atoms with Crippen molar-refractivity contribution in [3.63, 3.8) is 0 Å². The molecule has 2 saturated heterocycles. The standard InChI is InChI=1S/C20H20BrClN4O2S/c1-12-9-13(24-19(27)17-5-6-18(21)29-17)11-26(12)14-3-4-16(15(22)10-14)25-8-2-7-23-20(25)28/h3-6,10,13H,1-2,7-9,11H2,(H,23,28)(H,24,27). The van der Waals surface area contributed by atoms with E-state index in [1.807, 2.05) is 24.3 Å². The molecule has 9 heteroatoms. The number of anilines is 2. The number of carbonyl (C=O) groups is 2. The summed E-state index contributed by atoms with van der Waals surface area (Å²) in [5, 5.41) is 6.43. The first kappa shape index (κ1) is 20.3. The van der Waals surface area contributed by atoms with Gasteiger partial charge < -0.3 is 15.5 Å². The van der Waals surface area contributed by atoms with Crippen LogP contribution in [0.1, 0.15) is 22.5 Å². The molecule has 1 atom stereocenters. The summed E-state index contributed by atoms with van der Waals surface area (Å²) in [6.07, 6.45) is 1.56. The fourth-order valence-electron chi connectivity index (χ4n) is 3.63. The monoisotopic (exact) mass is 494 g/mol. The molecule has 0 aliphatic carbocycles. The molecule has 2 aliphatic heterocycles. The fraction of sp³-hybridized carbons (Fsp3) is 0.300. The van der Waals surface area contributed by atoms with Crippen molar-refractivity contribution < 1.29 is 9.59 Å². The van der Waals surface area contributed by atoms with E-state index in [2.05, 4.69) is 38.0 Å². The summed E-state index contributed by atoms with van der Waals surface area (Å²) >= 11 is 11.3. The van der Waals surface area contributed by atoms with E-state index < -0.39 is 0 Å². The molecule has 1 aromatic heterocycles. The summed E-state index contributed by atoms with van der Waals surface area (Å²) in [6.45, 7) is 6.11. The number of nitrogens with one attached hydrogen (secondary N) is 2. The van der Waals surface area contributed by atoms with Crippen LogP contribution in [-0.4, -0.2) is 37.6 Å². The molecule has 0 bridgehead atoms. The smallest absolute Gasteiger partial charge is 0.321 e. The summed E-state index contributed by atoms with van der Waals surface area (Å²) in [7, 11) is 0. The van der Waals surface area contributed by atoms with Gasteiger partial charge in [-0.25, -0.2) is 4.79 Å². The van der Waals surface area contributed by atoms with Crippen molar-refractivity contribution in [2.75, 3.05) is 29.4 Å². The average Bonchev–Trinajstić information content (AvgIpc) is 3.28. The van der Waals surface area contributed by atoms with E-state index in [9.17, 15) is 9.59 Å². The summed E-state index contributed by atoms with van der Waals surface area (Å²) in [5.41, 5.74) is 2.52. The quantitative estimate of drug-likeness (QED) is 0.651. The SMILES string of the molecule is C=C1CC(NC(=O)c2ccc(Br)s2)CN1c1ccc(N2CCCNC2=O)c(Cl)c1. The number of nitrogens with zero attached hydrogens (tertiary/aromatic N) is 2. The summed E-state index contributed by atoms with van der Waals surface area (Å²) in [6, 6.07) is 9.18. The number of thiophene rings is 1. The Labute approximate surface area is 186 Å². The molecular formula is C20H20BrClN4O2S. The number of amides is 3. The van der Waals surface area contributed by atoms with Crippen LogP contribution in [0.25, 0.3) is 0 Å². The Morgan fingerprint density at radius 3 is 2.83 bits per heavy atom. The Morgan fingerprint density at radius 1 is 1.31 bits per heavy atom. The van der Waals surface area contributed by atoms with Gasteiger partial charge in [0.2, 0.25) is 0 Å². The molecule has 3 amide bonds. The van der Waals surface area contributed by atoms with Gasteiger partial charge in [-0.1, -0.05) is 18.2 Å². The van der Waals surface area contributed by atoms with Gasteiger partial charge in [-0.2, -0.15) is 0 Å². The highest BCUT2D eigenvalue weighted by molar-refractivity contribution is 9.11. The first-order chi connectivity index (χ1) is 13.9. The molecule has 3 heterocycles. The lowest BCUT2D eigenvalue weighted by Gasteiger charge is -2.29. The van der Waals surface area contributed by atoms with Crippen LogP contribution < -0.4 is 20.4 Å². The number of carbonyl (C=O) groups excluding carboxylic acids is 2. The van der Waals surface area contributed by atoms with E-state index in [1.165, 1.54) is 11.3 Å². The zero-order chi connectivity index (χ0) is 20.5.